The van der Waals surface area contributed by atoms with Crippen molar-refractivity contribution < 1.29 is 27.8 Å². The summed E-state index contributed by atoms with van der Waals surface area (Å²) >= 11 is 0. The number of halogens is 3. The summed E-state index contributed by atoms with van der Waals surface area (Å²) in [4.78, 5) is 0. The predicted molar refractivity (Wildman–Crippen MR) is 89.1 cm³/mol. The molecule has 1 heterocycles. The minimum atomic E-state index is -1.43. The minimum Gasteiger partial charge on any atom is -0.505 e. The number of furan rings is 1. The molecule has 3 aromatic rings. The van der Waals surface area contributed by atoms with E-state index in [4.69, 9.17) is 4.42 Å². The Morgan fingerprint density at radius 3 is 2.37 bits per heavy atom. The molecule has 7 heteroatoms. The first-order valence-corrected chi connectivity index (χ1v) is 7.83. The van der Waals surface area contributed by atoms with E-state index in [0.29, 0.717) is 5.56 Å². The molecule has 0 saturated carbocycles. The zero-order valence-corrected chi connectivity index (χ0v) is 13.6. The highest BCUT2D eigenvalue weighted by Gasteiger charge is 2.33. The molecule has 0 saturated heterocycles. The molecule has 27 heavy (non-hydrogen) atoms. The minimum absolute atomic E-state index is 0.0105. The van der Waals surface area contributed by atoms with Crippen LogP contribution in [-0.4, -0.2) is 10.2 Å². The number of hydrogen-bond acceptors (Lipinski definition) is 4. The van der Waals surface area contributed by atoms with E-state index < -0.39 is 29.0 Å². The molecule has 0 amide bonds. The molecule has 0 atom stereocenters. The second-order valence-corrected chi connectivity index (χ2v) is 6.00. The van der Waals surface area contributed by atoms with Gasteiger partial charge in [0, 0.05) is 16.7 Å². The van der Waals surface area contributed by atoms with Gasteiger partial charge in [0.05, 0.1) is 11.8 Å². The zero-order valence-electron chi connectivity index (χ0n) is 13.6. The molecule has 1 aromatic heterocycles. The molecule has 0 bridgehead atoms. The lowest BCUT2D eigenvalue weighted by Gasteiger charge is -2.10. The maximum Gasteiger partial charge on any atom is 0.200 e. The van der Waals surface area contributed by atoms with Crippen LogP contribution < -0.4 is 0 Å². The normalized spacial score (nSPS) is 13.0. The molecule has 2 aromatic carbocycles. The fraction of sp³-hybridized carbons (Fsp3) is 0.0500. The van der Waals surface area contributed by atoms with Crippen LogP contribution in [0.15, 0.2) is 41.0 Å². The monoisotopic (exact) mass is 369 g/mol. The third kappa shape index (κ3) is 2.38. The smallest absolute Gasteiger partial charge is 0.200 e. The highest BCUT2D eigenvalue weighted by atomic mass is 19.2. The fourth-order valence-corrected chi connectivity index (χ4v) is 3.30. The lowest BCUT2D eigenvalue weighted by Crippen LogP contribution is -1.97. The average molecular weight is 369 g/mol. The molecule has 134 valence electrons. The van der Waals surface area contributed by atoms with Crippen LogP contribution in [0.2, 0.25) is 0 Å². The Kier molecular flexibility index (Phi) is 3.70. The Hall–Kier alpha value is -3.66. The molecule has 0 radical (unpaired) electrons. The Morgan fingerprint density at radius 2 is 1.63 bits per heavy atom. The summed E-state index contributed by atoms with van der Waals surface area (Å²) in [7, 11) is 0. The van der Waals surface area contributed by atoms with Crippen LogP contribution in [0.5, 0.6) is 11.5 Å². The number of phenolic OH excluding ortho intramolecular Hbond substituents is 2. The molecule has 0 aliphatic heterocycles. The highest BCUT2D eigenvalue weighted by molar-refractivity contribution is 6.04. The lowest BCUT2D eigenvalue weighted by molar-refractivity contribution is 0.406. The zero-order chi connectivity index (χ0) is 19.3. The van der Waals surface area contributed by atoms with E-state index in [1.165, 1.54) is 24.5 Å². The first-order valence-electron chi connectivity index (χ1n) is 7.83. The summed E-state index contributed by atoms with van der Waals surface area (Å²) in [5.41, 5.74) is 0.502. The summed E-state index contributed by atoms with van der Waals surface area (Å²) in [5, 5.41) is 28.4. The second kappa shape index (κ2) is 5.95. The van der Waals surface area contributed by atoms with Gasteiger partial charge in [-0.1, -0.05) is 6.07 Å². The van der Waals surface area contributed by atoms with Crippen molar-refractivity contribution in [2.24, 2.45) is 0 Å². The molecule has 1 aliphatic carbocycles. The summed E-state index contributed by atoms with van der Waals surface area (Å²) < 4.78 is 48.4. The largest absolute Gasteiger partial charge is 0.505 e. The fourth-order valence-electron chi connectivity index (χ4n) is 3.30. The van der Waals surface area contributed by atoms with Crippen molar-refractivity contribution in [3.8, 4) is 17.6 Å². The number of nitriles is 1. The van der Waals surface area contributed by atoms with Gasteiger partial charge in [0.25, 0.3) is 0 Å². The van der Waals surface area contributed by atoms with E-state index in [1.807, 2.05) is 6.07 Å². The topological polar surface area (TPSA) is 77.4 Å². The number of hydrogen-bond donors (Lipinski definition) is 2. The molecule has 4 nitrogen and oxygen atoms in total. The van der Waals surface area contributed by atoms with Crippen LogP contribution in [0.3, 0.4) is 0 Å². The number of nitrogens with zero attached hydrogens (tertiary/aromatic N) is 1. The predicted octanol–water partition coefficient (Wildman–Crippen LogP) is 4.49. The van der Waals surface area contributed by atoms with Gasteiger partial charge in [-0.25, -0.2) is 8.78 Å². The van der Waals surface area contributed by atoms with Crippen molar-refractivity contribution in [3.63, 3.8) is 0 Å². The van der Waals surface area contributed by atoms with E-state index in [-0.39, 0.29) is 40.0 Å². The van der Waals surface area contributed by atoms with Crippen LogP contribution in [-0.2, 0) is 6.42 Å². The summed E-state index contributed by atoms with van der Waals surface area (Å²) in [6, 6.07) is 8.05. The Labute approximate surface area is 151 Å². The molecule has 0 spiro atoms. The van der Waals surface area contributed by atoms with E-state index in [1.54, 1.807) is 0 Å². The van der Waals surface area contributed by atoms with Gasteiger partial charge in [-0.3, -0.25) is 0 Å². The number of phenols is 2. The summed E-state index contributed by atoms with van der Waals surface area (Å²) in [6.07, 6.45) is 1.25. The number of fused-ring (bicyclic) bond motifs is 1. The Balaban J connectivity index is 2.09. The van der Waals surface area contributed by atoms with Crippen molar-refractivity contribution >= 4 is 11.1 Å². The third-order valence-electron chi connectivity index (χ3n) is 4.53. The first-order chi connectivity index (χ1) is 12.9. The SMILES string of the molecule is N#Cc1ccoc1C1=C(c2ccc(O)c(F)c2F)Cc2ccc(O)c(F)c21. The van der Waals surface area contributed by atoms with Crippen molar-refractivity contribution in [2.75, 3.05) is 0 Å². The van der Waals surface area contributed by atoms with Crippen molar-refractivity contribution in [1.82, 2.24) is 0 Å². The average Bonchev–Trinajstić information content (AvgIpc) is 3.27. The molecular formula is C20H10F3NO3. The van der Waals surface area contributed by atoms with Crippen LogP contribution in [0.4, 0.5) is 13.2 Å². The number of aromatic hydroxyl groups is 2. The highest BCUT2D eigenvalue weighted by Crippen LogP contribution is 2.47. The van der Waals surface area contributed by atoms with Crippen LogP contribution in [0, 0.1) is 28.8 Å². The van der Waals surface area contributed by atoms with Crippen molar-refractivity contribution in [3.05, 3.63) is 82.1 Å². The maximum absolute atomic E-state index is 14.7. The number of rotatable bonds is 2. The van der Waals surface area contributed by atoms with Gasteiger partial charge in [-0.05, 0) is 41.8 Å². The van der Waals surface area contributed by atoms with E-state index in [0.717, 1.165) is 12.1 Å². The van der Waals surface area contributed by atoms with Gasteiger partial charge < -0.3 is 14.6 Å². The summed E-state index contributed by atoms with van der Waals surface area (Å²) in [5.74, 6) is -5.16. The number of benzene rings is 2. The van der Waals surface area contributed by atoms with Crippen LogP contribution in [0.25, 0.3) is 11.1 Å². The standard InChI is InChI=1S/C20H10F3NO3/c21-17-11(2-4-14(26)19(17)23)12-7-9-1-3-13(25)18(22)15(9)16(12)20-10(8-24)5-6-27-20/h1-6,25-26H,7H2. The van der Waals surface area contributed by atoms with E-state index in [9.17, 15) is 28.6 Å². The molecule has 0 unspecified atom stereocenters. The van der Waals surface area contributed by atoms with Gasteiger partial charge in [0.1, 0.15) is 6.07 Å². The lowest BCUT2D eigenvalue weighted by atomic mass is 9.96. The van der Waals surface area contributed by atoms with Crippen molar-refractivity contribution in [1.29, 1.82) is 5.26 Å². The summed E-state index contributed by atoms with van der Waals surface area (Å²) in [6.45, 7) is 0. The van der Waals surface area contributed by atoms with Gasteiger partial charge in [-0.2, -0.15) is 9.65 Å². The van der Waals surface area contributed by atoms with Gasteiger partial charge in [0.15, 0.2) is 28.9 Å². The van der Waals surface area contributed by atoms with Gasteiger partial charge in [-0.15, -0.1) is 0 Å². The number of allylic oxidation sites excluding steroid dienone is 1. The van der Waals surface area contributed by atoms with Crippen LogP contribution in [0.1, 0.15) is 28.0 Å². The Morgan fingerprint density at radius 1 is 0.926 bits per heavy atom. The molecule has 2 N–H and O–H groups in total. The van der Waals surface area contributed by atoms with E-state index >= 15 is 0 Å². The molecular weight excluding hydrogens is 359 g/mol. The molecule has 4 rings (SSSR count). The van der Waals surface area contributed by atoms with Gasteiger partial charge >= 0.3 is 0 Å². The quantitative estimate of drug-likeness (QED) is 0.698. The Bertz CT molecular complexity index is 1170. The molecule has 1 aliphatic rings. The second-order valence-electron chi connectivity index (χ2n) is 6.00. The van der Waals surface area contributed by atoms with E-state index in [2.05, 4.69) is 0 Å². The van der Waals surface area contributed by atoms with Gasteiger partial charge in [0.2, 0.25) is 5.82 Å². The molecule has 0 fully saturated rings. The third-order valence-corrected chi connectivity index (χ3v) is 4.53. The van der Waals surface area contributed by atoms with Crippen molar-refractivity contribution in [2.45, 2.75) is 6.42 Å². The van der Waals surface area contributed by atoms with Crippen LogP contribution >= 0.6 is 0 Å². The first kappa shape index (κ1) is 16.8. The maximum atomic E-state index is 14.7.